The van der Waals surface area contributed by atoms with Crippen molar-refractivity contribution in [3.63, 3.8) is 0 Å². The van der Waals surface area contributed by atoms with Crippen LogP contribution >= 0.6 is 0 Å². The maximum Gasteiger partial charge on any atom is 0.159 e. The third-order valence-electron chi connectivity index (χ3n) is 6.46. The lowest BCUT2D eigenvalue weighted by molar-refractivity contribution is 0.200. The first-order chi connectivity index (χ1) is 16.1. The van der Waals surface area contributed by atoms with Gasteiger partial charge in [-0.1, -0.05) is 36.4 Å². The average molecular weight is 445 g/mol. The molecule has 3 aromatic rings. The molecule has 33 heavy (non-hydrogen) atoms. The van der Waals surface area contributed by atoms with Gasteiger partial charge in [0.15, 0.2) is 5.82 Å². The Kier molecular flexibility index (Phi) is 7.29. The van der Waals surface area contributed by atoms with Crippen molar-refractivity contribution in [2.45, 2.75) is 31.8 Å². The third-order valence-corrected chi connectivity index (χ3v) is 6.46. The second-order valence-electron chi connectivity index (χ2n) is 8.48. The molecule has 0 unspecified atom stereocenters. The Morgan fingerprint density at radius 2 is 1.91 bits per heavy atom. The molecule has 0 aliphatic carbocycles. The van der Waals surface area contributed by atoms with Crippen molar-refractivity contribution in [2.24, 2.45) is 4.99 Å². The predicted octanol–water partition coefficient (Wildman–Crippen LogP) is 4.20. The van der Waals surface area contributed by atoms with E-state index in [1.54, 1.807) is 14.2 Å². The van der Waals surface area contributed by atoms with E-state index in [0.29, 0.717) is 12.5 Å². The zero-order valence-electron chi connectivity index (χ0n) is 19.7. The second kappa shape index (κ2) is 10.5. The number of aromatic nitrogens is 2. The molecule has 4 rings (SSSR count). The number of nitrogens with zero attached hydrogens (tertiary/aromatic N) is 5. The predicted molar refractivity (Wildman–Crippen MR) is 135 cm³/mol. The molecule has 1 fully saturated rings. The van der Waals surface area contributed by atoms with E-state index in [2.05, 4.69) is 62.4 Å². The van der Waals surface area contributed by atoms with Gasteiger partial charge in [0.25, 0.3) is 0 Å². The quantitative estimate of drug-likeness (QED) is 0.527. The summed E-state index contributed by atoms with van der Waals surface area (Å²) in [6, 6.07) is 17.1. The van der Waals surface area contributed by atoms with E-state index in [4.69, 9.17) is 10.1 Å². The van der Waals surface area contributed by atoms with Crippen molar-refractivity contribution >= 4 is 28.5 Å². The number of nitrogens with one attached hydrogen (secondary N) is 1. The van der Waals surface area contributed by atoms with E-state index in [1.807, 2.05) is 18.2 Å². The average Bonchev–Trinajstić information content (AvgIpc) is 2.87. The van der Waals surface area contributed by atoms with Crippen LogP contribution in [0.25, 0.3) is 10.8 Å². The number of aliphatic imine (C=N–C) groups is 1. The van der Waals surface area contributed by atoms with E-state index < -0.39 is 0 Å². The van der Waals surface area contributed by atoms with Crippen molar-refractivity contribution in [1.82, 2.24) is 15.1 Å². The fourth-order valence-corrected chi connectivity index (χ4v) is 4.63. The van der Waals surface area contributed by atoms with Crippen LogP contribution in [0.15, 0.2) is 53.5 Å². The fraction of sp³-hybridized carbons (Fsp3) is 0.385. The van der Waals surface area contributed by atoms with E-state index in [9.17, 15) is 0 Å². The minimum Gasteiger partial charge on any atom is -0.497 e. The van der Waals surface area contributed by atoms with E-state index in [-0.39, 0.29) is 0 Å². The topological polar surface area (TPSA) is 77.7 Å². The SMILES string of the molecule is CN=C(CC=N)c1nnc(N2CCC(N(C)Cc3cccc(OC)c3)CC2)c2ccccc12. The molecule has 0 bridgehead atoms. The highest BCUT2D eigenvalue weighted by Crippen LogP contribution is 2.29. The number of ether oxygens (including phenoxy) is 1. The number of methoxy groups -OCH3 is 1. The molecule has 172 valence electrons. The molecule has 2 heterocycles. The maximum absolute atomic E-state index is 7.47. The first kappa shape index (κ1) is 22.9. The van der Waals surface area contributed by atoms with Gasteiger partial charge in [0.2, 0.25) is 0 Å². The molecule has 1 aromatic heterocycles. The summed E-state index contributed by atoms with van der Waals surface area (Å²) >= 11 is 0. The molecule has 0 radical (unpaired) electrons. The number of hydrogen-bond donors (Lipinski definition) is 1. The Morgan fingerprint density at radius 1 is 1.15 bits per heavy atom. The van der Waals surface area contributed by atoms with Gasteiger partial charge in [0, 0.05) is 56.1 Å². The van der Waals surface area contributed by atoms with Crippen LogP contribution in [-0.4, -0.2) is 67.4 Å². The Labute approximate surface area is 195 Å². The summed E-state index contributed by atoms with van der Waals surface area (Å²) in [5.41, 5.74) is 2.83. The fourth-order valence-electron chi connectivity index (χ4n) is 4.63. The van der Waals surface area contributed by atoms with Gasteiger partial charge < -0.3 is 15.0 Å². The van der Waals surface area contributed by atoms with Crippen LogP contribution in [0.2, 0.25) is 0 Å². The van der Waals surface area contributed by atoms with E-state index in [1.165, 1.54) is 11.8 Å². The van der Waals surface area contributed by atoms with Gasteiger partial charge in [-0.25, -0.2) is 0 Å². The van der Waals surface area contributed by atoms with Gasteiger partial charge in [-0.2, -0.15) is 0 Å². The van der Waals surface area contributed by atoms with Gasteiger partial charge in [0.1, 0.15) is 11.4 Å². The van der Waals surface area contributed by atoms with Gasteiger partial charge in [-0.05, 0) is 37.6 Å². The molecule has 2 aromatic carbocycles. The van der Waals surface area contributed by atoms with Crippen LogP contribution in [0, 0.1) is 5.41 Å². The van der Waals surface area contributed by atoms with Crippen molar-refractivity contribution in [3.8, 4) is 5.75 Å². The molecule has 7 nitrogen and oxygen atoms in total. The summed E-state index contributed by atoms with van der Waals surface area (Å²) in [6.07, 6.45) is 3.97. The number of rotatable bonds is 8. The summed E-state index contributed by atoms with van der Waals surface area (Å²) in [4.78, 5) is 9.15. The smallest absolute Gasteiger partial charge is 0.159 e. The standard InChI is InChI=1S/C26H32N6O/c1-28-24(11-14-27)25-22-9-4-5-10-23(22)26(30-29-25)32-15-12-20(13-16-32)31(2)18-19-7-6-8-21(17-19)33-3/h4-10,14,17,20,27H,11-13,15-16,18H2,1-3H3. The van der Waals surface area contributed by atoms with Crippen molar-refractivity contribution in [3.05, 3.63) is 59.8 Å². The summed E-state index contributed by atoms with van der Waals surface area (Å²) in [7, 11) is 5.66. The molecular weight excluding hydrogens is 412 g/mol. The van der Waals surface area contributed by atoms with Gasteiger partial charge in [0.05, 0.1) is 12.8 Å². The van der Waals surface area contributed by atoms with E-state index in [0.717, 1.165) is 66.2 Å². The number of anilines is 1. The normalized spacial score (nSPS) is 15.3. The third kappa shape index (κ3) is 5.03. The largest absolute Gasteiger partial charge is 0.497 e. The monoisotopic (exact) mass is 444 g/mol. The Bertz CT molecular complexity index is 1140. The molecule has 1 N–H and O–H groups in total. The van der Waals surface area contributed by atoms with Gasteiger partial charge >= 0.3 is 0 Å². The highest BCUT2D eigenvalue weighted by Gasteiger charge is 2.25. The highest BCUT2D eigenvalue weighted by atomic mass is 16.5. The number of benzene rings is 2. The van der Waals surface area contributed by atoms with Crippen LogP contribution in [-0.2, 0) is 6.54 Å². The lowest BCUT2D eigenvalue weighted by atomic mass is 10.0. The first-order valence-corrected chi connectivity index (χ1v) is 11.4. The number of piperidine rings is 1. The lowest BCUT2D eigenvalue weighted by Crippen LogP contribution is -2.43. The van der Waals surface area contributed by atoms with Gasteiger partial charge in [-0.3, -0.25) is 9.89 Å². The maximum atomic E-state index is 7.47. The zero-order chi connectivity index (χ0) is 23.2. The molecule has 1 saturated heterocycles. The first-order valence-electron chi connectivity index (χ1n) is 11.4. The molecule has 0 amide bonds. The summed E-state index contributed by atoms with van der Waals surface area (Å²) in [5, 5.41) is 18.8. The van der Waals surface area contributed by atoms with Crippen molar-refractivity contribution < 1.29 is 4.74 Å². The van der Waals surface area contributed by atoms with Crippen LogP contribution in [0.4, 0.5) is 5.82 Å². The van der Waals surface area contributed by atoms with E-state index >= 15 is 0 Å². The van der Waals surface area contributed by atoms with Crippen LogP contribution in [0.1, 0.15) is 30.5 Å². The number of hydrogen-bond acceptors (Lipinski definition) is 7. The lowest BCUT2D eigenvalue weighted by Gasteiger charge is -2.37. The molecule has 7 heteroatoms. The summed E-state index contributed by atoms with van der Waals surface area (Å²) in [5.74, 6) is 1.84. The second-order valence-corrected chi connectivity index (χ2v) is 8.48. The Balaban J connectivity index is 1.48. The molecule has 0 saturated carbocycles. The molecular formula is C26H32N6O. The Morgan fingerprint density at radius 3 is 2.61 bits per heavy atom. The van der Waals surface area contributed by atoms with Gasteiger partial charge in [-0.15, -0.1) is 10.2 Å². The van der Waals surface area contributed by atoms with Crippen LogP contribution in [0.3, 0.4) is 0 Å². The Hall–Kier alpha value is -3.32. The van der Waals surface area contributed by atoms with Crippen molar-refractivity contribution in [1.29, 1.82) is 5.41 Å². The zero-order valence-corrected chi connectivity index (χ0v) is 19.7. The molecule has 0 atom stereocenters. The van der Waals surface area contributed by atoms with Crippen molar-refractivity contribution in [2.75, 3.05) is 39.2 Å². The molecule has 1 aliphatic heterocycles. The minimum absolute atomic E-state index is 0.458. The molecule has 1 aliphatic rings. The highest BCUT2D eigenvalue weighted by molar-refractivity contribution is 6.14. The number of fused-ring (bicyclic) bond motifs is 1. The minimum atomic E-state index is 0.458. The molecule has 0 spiro atoms. The summed E-state index contributed by atoms with van der Waals surface area (Å²) < 4.78 is 5.37. The van der Waals surface area contributed by atoms with Crippen LogP contribution < -0.4 is 9.64 Å². The van der Waals surface area contributed by atoms with Crippen LogP contribution in [0.5, 0.6) is 5.75 Å². The summed E-state index contributed by atoms with van der Waals surface area (Å²) in [6.45, 7) is 2.80.